The van der Waals surface area contributed by atoms with Gasteiger partial charge in [-0.1, -0.05) is 42.5 Å². The molecule has 1 fully saturated rings. The summed E-state index contributed by atoms with van der Waals surface area (Å²) >= 11 is 0. The zero-order valence-electron chi connectivity index (χ0n) is 11.8. The minimum Gasteiger partial charge on any atom is -0.399 e. The van der Waals surface area contributed by atoms with Crippen molar-refractivity contribution >= 4 is 5.69 Å². The Morgan fingerprint density at radius 2 is 1.70 bits per heavy atom. The quantitative estimate of drug-likeness (QED) is 0.859. The molecule has 2 nitrogen and oxygen atoms in total. The van der Waals surface area contributed by atoms with E-state index in [9.17, 15) is 0 Å². The number of hydrogen-bond acceptors (Lipinski definition) is 2. The molecule has 0 unspecified atom stereocenters. The van der Waals surface area contributed by atoms with Crippen molar-refractivity contribution in [2.75, 3.05) is 18.8 Å². The number of anilines is 1. The lowest BCUT2D eigenvalue weighted by atomic mass is 9.89. The third kappa shape index (κ3) is 3.20. The van der Waals surface area contributed by atoms with E-state index >= 15 is 0 Å². The Balaban J connectivity index is 1.57. The second-order valence-electron chi connectivity index (χ2n) is 5.71. The van der Waals surface area contributed by atoms with E-state index in [-0.39, 0.29) is 0 Å². The van der Waals surface area contributed by atoms with Crippen LogP contribution in [0.1, 0.15) is 29.9 Å². The van der Waals surface area contributed by atoms with Gasteiger partial charge in [0.05, 0.1) is 0 Å². The molecule has 20 heavy (non-hydrogen) atoms. The van der Waals surface area contributed by atoms with Gasteiger partial charge in [-0.15, -0.1) is 0 Å². The molecule has 0 saturated carbocycles. The van der Waals surface area contributed by atoms with Crippen molar-refractivity contribution in [1.29, 1.82) is 0 Å². The molecule has 3 rings (SSSR count). The first kappa shape index (κ1) is 13.2. The zero-order valence-corrected chi connectivity index (χ0v) is 11.8. The number of benzene rings is 2. The first-order valence-electron chi connectivity index (χ1n) is 7.43. The molecule has 0 atom stereocenters. The van der Waals surface area contributed by atoms with Gasteiger partial charge in [0.15, 0.2) is 0 Å². The Morgan fingerprint density at radius 3 is 2.40 bits per heavy atom. The molecule has 0 spiro atoms. The molecule has 1 saturated heterocycles. The van der Waals surface area contributed by atoms with Crippen LogP contribution in [0.2, 0.25) is 0 Å². The maximum atomic E-state index is 5.88. The first-order chi connectivity index (χ1) is 9.81. The smallest absolute Gasteiger partial charge is 0.0316 e. The van der Waals surface area contributed by atoms with Crippen LogP contribution in [0.4, 0.5) is 5.69 Å². The lowest BCUT2D eigenvalue weighted by Gasteiger charge is -2.32. The number of hydrogen-bond donors (Lipinski definition) is 1. The van der Waals surface area contributed by atoms with Crippen molar-refractivity contribution in [1.82, 2.24) is 4.90 Å². The molecule has 0 amide bonds. The van der Waals surface area contributed by atoms with E-state index in [4.69, 9.17) is 5.73 Å². The molecule has 0 aliphatic carbocycles. The molecule has 0 aromatic heterocycles. The fraction of sp³-hybridized carbons (Fsp3) is 0.333. The Morgan fingerprint density at radius 1 is 0.950 bits per heavy atom. The van der Waals surface area contributed by atoms with Gasteiger partial charge >= 0.3 is 0 Å². The molecule has 2 aromatic carbocycles. The summed E-state index contributed by atoms with van der Waals surface area (Å²) in [4.78, 5) is 2.55. The van der Waals surface area contributed by atoms with E-state index < -0.39 is 0 Å². The lowest BCUT2D eigenvalue weighted by molar-refractivity contribution is 0.204. The van der Waals surface area contributed by atoms with Gasteiger partial charge in [-0.3, -0.25) is 4.90 Å². The van der Waals surface area contributed by atoms with Crippen molar-refractivity contribution in [3.8, 4) is 0 Å². The zero-order chi connectivity index (χ0) is 13.8. The molecule has 1 heterocycles. The van der Waals surface area contributed by atoms with E-state index in [1.54, 1.807) is 0 Å². The van der Waals surface area contributed by atoms with Crippen molar-refractivity contribution in [3.63, 3.8) is 0 Å². The molecular weight excluding hydrogens is 244 g/mol. The van der Waals surface area contributed by atoms with Gasteiger partial charge < -0.3 is 5.73 Å². The second-order valence-corrected chi connectivity index (χ2v) is 5.71. The van der Waals surface area contributed by atoms with Crippen LogP contribution in [-0.2, 0) is 6.54 Å². The summed E-state index contributed by atoms with van der Waals surface area (Å²) in [6.45, 7) is 3.42. The van der Waals surface area contributed by atoms with Gasteiger partial charge in [0.25, 0.3) is 0 Å². The van der Waals surface area contributed by atoms with Crippen molar-refractivity contribution in [3.05, 3.63) is 65.7 Å². The van der Waals surface area contributed by atoms with Crippen LogP contribution in [0, 0.1) is 0 Å². The highest BCUT2D eigenvalue weighted by atomic mass is 15.1. The average Bonchev–Trinajstić information content (AvgIpc) is 2.49. The largest absolute Gasteiger partial charge is 0.399 e. The maximum absolute atomic E-state index is 5.88. The summed E-state index contributed by atoms with van der Waals surface area (Å²) in [5.41, 5.74) is 9.59. The third-order valence-electron chi connectivity index (χ3n) is 4.22. The summed E-state index contributed by atoms with van der Waals surface area (Å²) < 4.78 is 0. The van der Waals surface area contributed by atoms with Gasteiger partial charge in [-0.25, -0.2) is 0 Å². The molecule has 0 bridgehead atoms. The Labute approximate surface area is 121 Å². The number of piperidine rings is 1. The van der Waals surface area contributed by atoms with Crippen molar-refractivity contribution in [2.45, 2.75) is 25.3 Å². The molecule has 1 aliphatic rings. The van der Waals surface area contributed by atoms with Gasteiger partial charge in [0.1, 0.15) is 0 Å². The monoisotopic (exact) mass is 266 g/mol. The topological polar surface area (TPSA) is 29.3 Å². The molecule has 104 valence electrons. The van der Waals surface area contributed by atoms with Crippen LogP contribution >= 0.6 is 0 Å². The van der Waals surface area contributed by atoms with Crippen LogP contribution in [0.15, 0.2) is 54.6 Å². The Bertz CT molecular complexity index is 542. The normalized spacial score (nSPS) is 17.2. The molecule has 2 heteroatoms. The van der Waals surface area contributed by atoms with E-state index in [1.807, 2.05) is 6.07 Å². The van der Waals surface area contributed by atoms with Gasteiger partial charge in [0, 0.05) is 12.2 Å². The number of rotatable bonds is 3. The molecule has 1 aliphatic heterocycles. The predicted octanol–water partition coefficient (Wildman–Crippen LogP) is 3.65. The van der Waals surface area contributed by atoms with Crippen molar-refractivity contribution in [2.24, 2.45) is 0 Å². The summed E-state index contributed by atoms with van der Waals surface area (Å²) in [7, 11) is 0. The van der Waals surface area contributed by atoms with Crippen LogP contribution in [0.25, 0.3) is 0 Å². The number of nitrogens with two attached hydrogens (primary N) is 1. The number of nitrogens with zero attached hydrogens (tertiary/aromatic N) is 1. The highest BCUT2D eigenvalue weighted by molar-refractivity contribution is 5.41. The SMILES string of the molecule is Nc1cccc(C2CCN(Cc3ccccc3)CC2)c1. The fourth-order valence-corrected chi connectivity index (χ4v) is 3.08. The van der Waals surface area contributed by atoms with E-state index in [0.29, 0.717) is 5.92 Å². The molecule has 0 radical (unpaired) electrons. The van der Waals surface area contributed by atoms with E-state index in [2.05, 4.69) is 53.4 Å². The predicted molar refractivity (Wildman–Crippen MR) is 84.5 cm³/mol. The van der Waals surface area contributed by atoms with Crippen LogP contribution in [-0.4, -0.2) is 18.0 Å². The Kier molecular flexibility index (Phi) is 4.03. The number of nitrogen functional groups attached to an aromatic ring is 1. The summed E-state index contributed by atoms with van der Waals surface area (Å²) in [6, 6.07) is 19.1. The minimum atomic E-state index is 0.672. The van der Waals surface area contributed by atoms with E-state index in [1.165, 1.54) is 37.1 Å². The van der Waals surface area contributed by atoms with Gasteiger partial charge in [-0.2, -0.15) is 0 Å². The van der Waals surface area contributed by atoms with Crippen LogP contribution < -0.4 is 5.73 Å². The summed E-state index contributed by atoms with van der Waals surface area (Å²) in [5.74, 6) is 0.672. The highest BCUT2D eigenvalue weighted by Crippen LogP contribution is 2.29. The fourth-order valence-electron chi connectivity index (χ4n) is 3.08. The van der Waals surface area contributed by atoms with E-state index in [0.717, 1.165) is 12.2 Å². The van der Waals surface area contributed by atoms with Gasteiger partial charge in [0.2, 0.25) is 0 Å². The van der Waals surface area contributed by atoms with Crippen LogP contribution in [0.3, 0.4) is 0 Å². The third-order valence-corrected chi connectivity index (χ3v) is 4.22. The highest BCUT2D eigenvalue weighted by Gasteiger charge is 2.20. The van der Waals surface area contributed by atoms with Gasteiger partial charge in [-0.05, 0) is 55.1 Å². The lowest BCUT2D eigenvalue weighted by Crippen LogP contribution is -2.32. The Hall–Kier alpha value is -1.80. The summed E-state index contributed by atoms with van der Waals surface area (Å²) in [6.07, 6.45) is 2.46. The summed E-state index contributed by atoms with van der Waals surface area (Å²) in [5, 5.41) is 0. The molecular formula is C18H22N2. The minimum absolute atomic E-state index is 0.672. The molecule has 2 N–H and O–H groups in total. The molecule has 2 aromatic rings. The van der Waals surface area contributed by atoms with Crippen molar-refractivity contribution < 1.29 is 0 Å². The second kappa shape index (κ2) is 6.10. The number of likely N-dealkylation sites (tertiary alicyclic amines) is 1. The standard InChI is InChI=1S/C18H22N2/c19-18-8-4-7-17(13-18)16-9-11-20(12-10-16)14-15-5-2-1-3-6-15/h1-8,13,16H,9-12,14,19H2. The average molecular weight is 266 g/mol. The van der Waals surface area contributed by atoms with Crippen LogP contribution in [0.5, 0.6) is 0 Å². The first-order valence-corrected chi connectivity index (χ1v) is 7.43. The maximum Gasteiger partial charge on any atom is 0.0316 e.